The maximum absolute atomic E-state index is 12.8. The van der Waals surface area contributed by atoms with Crippen molar-refractivity contribution in [1.82, 2.24) is 5.32 Å². The number of nitrogens with one attached hydrogen (secondary N) is 4. The van der Waals surface area contributed by atoms with Crippen molar-refractivity contribution < 1.29 is 19.4 Å². The summed E-state index contributed by atoms with van der Waals surface area (Å²) < 4.78 is 0. The molecular formula is C24H40N4O2+2. The van der Waals surface area contributed by atoms with Crippen molar-refractivity contribution in [2.24, 2.45) is 5.92 Å². The molecule has 0 radical (unpaired) electrons. The van der Waals surface area contributed by atoms with Gasteiger partial charge in [0, 0.05) is 11.7 Å². The predicted octanol–water partition coefficient (Wildman–Crippen LogP) is 0.109. The predicted molar refractivity (Wildman–Crippen MR) is 120 cm³/mol. The summed E-state index contributed by atoms with van der Waals surface area (Å²) in [4.78, 5) is 27.9. The normalized spacial score (nSPS) is 27.9. The first kappa shape index (κ1) is 22.8. The molecule has 1 saturated heterocycles. The van der Waals surface area contributed by atoms with Gasteiger partial charge in [0.05, 0.1) is 0 Å². The number of amides is 2. The molecule has 2 amide bonds. The Morgan fingerprint density at radius 3 is 2.50 bits per heavy atom. The molecule has 4 N–H and O–H groups in total. The van der Waals surface area contributed by atoms with E-state index < -0.39 is 0 Å². The lowest BCUT2D eigenvalue weighted by atomic mass is 9.86. The Kier molecular flexibility index (Phi) is 7.89. The minimum absolute atomic E-state index is 0.0237. The molecule has 1 aromatic carbocycles. The molecule has 2 aliphatic rings. The first-order valence-electron chi connectivity index (χ1n) is 11.7. The molecule has 30 heavy (non-hydrogen) atoms. The van der Waals surface area contributed by atoms with E-state index in [2.05, 4.69) is 37.5 Å². The number of anilines is 1. The van der Waals surface area contributed by atoms with Crippen LogP contribution >= 0.6 is 0 Å². The van der Waals surface area contributed by atoms with Gasteiger partial charge in [-0.2, -0.15) is 0 Å². The number of quaternary nitrogens is 2. The summed E-state index contributed by atoms with van der Waals surface area (Å²) in [5.74, 6) is 0.848. The number of hydrogen-bond acceptors (Lipinski definition) is 2. The molecule has 166 valence electrons. The smallest absolute Gasteiger partial charge is 0.279 e. The van der Waals surface area contributed by atoms with Crippen molar-refractivity contribution >= 4 is 17.5 Å². The lowest BCUT2D eigenvalue weighted by Gasteiger charge is -2.34. The van der Waals surface area contributed by atoms with Gasteiger partial charge in [-0.1, -0.05) is 31.9 Å². The topological polar surface area (TPSA) is 67.1 Å². The van der Waals surface area contributed by atoms with Crippen molar-refractivity contribution in [3.05, 3.63) is 29.3 Å². The van der Waals surface area contributed by atoms with Crippen molar-refractivity contribution in [3.63, 3.8) is 0 Å². The highest BCUT2D eigenvalue weighted by Gasteiger charge is 2.33. The van der Waals surface area contributed by atoms with Gasteiger partial charge in [0.25, 0.3) is 11.8 Å². The quantitative estimate of drug-likeness (QED) is 0.532. The van der Waals surface area contributed by atoms with E-state index in [0.717, 1.165) is 43.9 Å². The van der Waals surface area contributed by atoms with Crippen LogP contribution in [-0.2, 0) is 9.59 Å². The highest BCUT2D eigenvalue weighted by atomic mass is 16.2. The van der Waals surface area contributed by atoms with E-state index in [1.165, 1.54) is 34.6 Å². The van der Waals surface area contributed by atoms with Crippen LogP contribution in [0.2, 0.25) is 0 Å². The molecule has 0 bridgehead atoms. The summed E-state index contributed by atoms with van der Waals surface area (Å²) in [6.45, 7) is 12.6. The molecule has 1 aliphatic carbocycles. The Labute approximate surface area is 181 Å². The fourth-order valence-corrected chi connectivity index (χ4v) is 4.87. The van der Waals surface area contributed by atoms with E-state index in [1.54, 1.807) is 0 Å². The number of carbonyl (C=O) groups excluding carboxylic acids is 2. The molecule has 0 spiro atoms. The number of aryl methyl sites for hydroxylation is 1. The minimum atomic E-state index is -0.0237. The van der Waals surface area contributed by atoms with Gasteiger partial charge in [-0.25, -0.2) is 0 Å². The molecule has 1 aliphatic heterocycles. The highest BCUT2D eigenvalue weighted by Crippen LogP contribution is 2.23. The van der Waals surface area contributed by atoms with E-state index in [9.17, 15) is 9.59 Å². The van der Waals surface area contributed by atoms with Crippen molar-refractivity contribution in [1.29, 1.82) is 0 Å². The monoisotopic (exact) mass is 416 g/mol. The molecule has 6 heteroatoms. The van der Waals surface area contributed by atoms with E-state index in [1.807, 2.05) is 19.1 Å². The largest absolute Gasteiger partial charge is 0.348 e. The first-order valence-corrected chi connectivity index (χ1v) is 11.7. The van der Waals surface area contributed by atoms with Crippen LogP contribution in [0.4, 0.5) is 5.69 Å². The number of rotatable bonds is 6. The molecule has 0 unspecified atom stereocenters. The van der Waals surface area contributed by atoms with E-state index in [0.29, 0.717) is 18.5 Å². The van der Waals surface area contributed by atoms with Crippen molar-refractivity contribution in [3.8, 4) is 0 Å². The van der Waals surface area contributed by atoms with Crippen LogP contribution in [0.5, 0.6) is 0 Å². The minimum Gasteiger partial charge on any atom is -0.348 e. The second-order valence-corrected chi connectivity index (χ2v) is 9.48. The number of carbonyl (C=O) groups is 2. The molecule has 3 atom stereocenters. The van der Waals surface area contributed by atoms with Gasteiger partial charge < -0.3 is 20.4 Å². The first-order chi connectivity index (χ1) is 14.3. The van der Waals surface area contributed by atoms with Crippen LogP contribution in [-0.4, -0.2) is 56.6 Å². The van der Waals surface area contributed by atoms with Crippen LogP contribution < -0.4 is 20.4 Å². The van der Waals surface area contributed by atoms with Crippen LogP contribution in [0.3, 0.4) is 0 Å². The lowest BCUT2D eigenvalue weighted by Crippen LogP contribution is -3.30. The Bertz CT molecular complexity index is 743. The van der Waals surface area contributed by atoms with Gasteiger partial charge in [0.15, 0.2) is 12.6 Å². The van der Waals surface area contributed by atoms with E-state index in [-0.39, 0.29) is 17.9 Å². The molecule has 1 saturated carbocycles. The molecule has 2 fully saturated rings. The summed E-state index contributed by atoms with van der Waals surface area (Å²) in [7, 11) is 0. The Morgan fingerprint density at radius 2 is 1.80 bits per heavy atom. The third-order valence-electron chi connectivity index (χ3n) is 7.33. The lowest BCUT2D eigenvalue weighted by molar-refractivity contribution is -1.01. The number of hydrogen-bond donors (Lipinski definition) is 4. The van der Waals surface area contributed by atoms with Gasteiger partial charge in [-0.3, -0.25) is 9.59 Å². The van der Waals surface area contributed by atoms with Gasteiger partial charge >= 0.3 is 0 Å². The maximum Gasteiger partial charge on any atom is 0.279 e. The summed E-state index contributed by atoms with van der Waals surface area (Å²) in [5, 5.41) is 6.38. The zero-order chi connectivity index (χ0) is 21.7. The van der Waals surface area contributed by atoms with Crippen LogP contribution in [0.1, 0.15) is 50.7 Å². The zero-order valence-electron chi connectivity index (χ0n) is 19.1. The highest BCUT2D eigenvalue weighted by molar-refractivity contribution is 5.92. The summed E-state index contributed by atoms with van der Waals surface area (Å²) in [5.41, 5.74) is 3.22. The van der Waals surface area contributed by atoms with Gasteiger partial charge in [-0.05, 0) is 56.7 Å². The molecule has 1 aromatic rings. The third kappa shape index (κ3) is 5.82. The standard InChI is InChI=1S/C24H38N4O2/c1-17-9-7-11-22(19(17)3)25-23(29)16-27-12-14-28(15-13-27)20(4)24(30)26-21-10-6-5-8-18(21)2/h7,9,11,18,20-21H,5-6,8,10,12-16H2,1-4H3,(H,25,29)(H,26,30)/p+2/t18-,20-,21+/m0/s1. The van der Waals surface area contributed by atoms with Crippen molar-refractivity contribution in [2.45, 2.75) is 65.5 Å². The Balaban J connectivity index is 1.43. The van der Waals surface area contributed by atoms with Crippen LogP contribution in [0, 0.1) is 19.8 Å². The Hall–Kier alpha value is -1.92. The van der Waals surface area contributed by atoms with Crippen LogP contribution in [0.15, 0.2) is 18.2 Å². The average molecular weight is 417 g/mol. The SMILES string of the molecule is Cc1cccc(NC(=O)C[NH+]2CC[NH+]([C@@H](C)C(=O)N[C@@H]3CCCC[C@@H]3C)CC2)c1C. The molecular weight excluding hydrogens is 376 g/mol. The summed E-state index contributed by atoms with van der Waals surface area (Å²) in [6.07, 6.45) is 4.85. The summed E-state index contributed by atoms with van der Waals surface area (Å²) >= 11 is 0. The molecule has 1 heterocycles. The van der Waals surface area contributed by atoms with Gasteiger partial charge in [0.1, 0.15) is 26.2 Å². The van der Waals surface area contributed by atoms with Crippen molar-refractivity contribution in [2.75, 3.05) is 38.0 Å². The maximum atomic E-state index is 12.8. The average Bonchev–Trinajstić information content (AvgIpc) is 2.73. The van der Waals surface area contributed by atoms with E-state index >= 15 is 0 Å². The fraction of sp³-hybridized carbons (Fsp3) is 0.667. The second-order valence-electron chi connectivity index (χ2n) is 9.48. The summed E-state index contributed by atoms with van der Waals surface area (Å²) in [6, 6.07) is 6.32. The number of benzene rings is 1. The van der Waals surface area contributed by atoms with E-state index in [4.69, 9.17) is 0 Å². The molecule has 0 aromatic heterocycles. The Morgan fingerprint density at radius 1 is 1.10 bits per heavy atom. The molecule has 6 nitrogen and oxygen atoms in total. The third-order valence-corrected chi connectivity index (χ3v) is 7.33. The van der Waals surface area contributed by atoms with Crippen LogP contribution in [0.25, 0.3) is 0 Å². The molecule has 3 rings (SSSR count). The zero-order valence-corrected chi connectivity index (χ0v) is 19.1. The number of piperazine rings is 1. The fourth-order valence-electron chi connectivity index (χ4n) is 4.87. The second kappa shape index (κ2) is 10.4. The van der Waals surface area contributed by atoms with Gasteiger partial charge in [-0.15, -0.1) is 0 Å². The van der Waals surface area contributed by atoms with Gasteiger partial charge in [0.2, 0.25) is 0 Å².